The van der Waals surface area contributed by atoms with Crippen LogP contribution in [0.3, 0.4) is 0 Å². The number of tetrazole rings is 1. The number of H-pyrrole nitrogens is 1. The van der Waals surface area contributed by atoms with E-state index in [1.807, 2.05) is 0 Å². The first kappa shape index (κ1) is 15.0. The highest BCUT2D eigenvalue weighted by Crippen LogP contribution is 2.23. The Morgan fingerprint density at radius 1 is 1.09 bits per heavy atom. The van der Waals surface area contributed by atoms with Crippen LogP contribution in [0.4, 0.5) is 14.5 Å². The van der Waals surface area contributed by atoms with E-state index in [0.29, 0.717) is 5.56 Å². The van der Waals surface area contributed by atoms with Crippen molar-refractivity contribution in [3.8, 4) is 11.4 Å². The summed E-state index contributed by atoms with van der Waals surface area (Å²) in [5, 5.41) is 13.2. The minimum absolute atomic E-state index is 0.149. The van der Waals surface area contributed by atoms with E-state index in [1.54, 1.807) is 12.1 Å². The SMILES string of the molecule is O=S(=O)(Nc1cccc(-c2nn[nH]n2)c1)c1cccc(F)c1F. The predicted molar refractivity (Wildman–Crippen MR) is 76.8 cm³/mol. The number of hydrogen-bond acceptors (Lipinski definition) is 5. The van der Waals surface area contributed by atoms with Gasteiger partial charge in [-0.1, -0.05) is 18.2 Å². The zero-order valence-corrected chi connectivity index (χ0v) is 12.2. The number of hydrogen-bond donors (Lipinski definition) is 2. The van der Waals surface area contributed by atoms with E-state index >= 15 is 0 Å². The summed E-state index contributed by atoms with van der Waals surface area (Å²) in [6.07, 6.45) is 0. The molecule has 0 atom stereocenters. The summed E-state index contributed by atoms with van der Waals surface area (Å²) in [7, 11) is -4.28. The molecule has 0 unspecified atom stereocenters. The Labute approximate surface area is 129 Å². The van der Waals surface area contributed by atoms with Crippen LogP contribution in [0.25, 0.3) is 11.4 Å². The lowest BCUT2D eigenvalue weighted by Gasteiger charge is -2.09. The van der Waals surface area contributed by atoms with Crippen molar-refractivity contribution < 1.29 is 17.2 Å². The van der Waals surface area contributed by atoms with Crippen molar-refractivity contribution in [2.45, 2.75) is 4.90 Å². The second-order valence-corrected chi connectivity index (χ2v) is 6.12. The van der Waals surface area contributed by atoms with Gasteiger partial charge in [-0.2, -0.15) is 5.21 Å². The van der Waals surface area contributed by atoms with Gasteiger partial charge in [0.15, 0.2) is 11.6 Å². The Balaban J connectivity index is 1.95. The first-order valence-corrected chi connectivity index (χ1v) is 7.76. The minimum Gasteiger partial charge on any atom is -0.280 e. The van der Waals surface area contributed by atoms with Gasteiger partial charge >= 0.3 is 0 Å². The van der Waals surface area contributed by atoms with Crippen molar-refractivity contribution in [2.24, 2.45) is 0 Å². The highest BCUT2D eigenvalue weighted by Gasteiger charge is 2.21. The van der Waals surface area contributed by atoms with Crippen LogP contribution in [0, 0.1) is 11.6 Å². The monoisotopic (exact) mass is 337 g/mol. The highest BCUT2D eigenvalue weighted by molar-refractivity contribution is 7.92. The summed E-state index contributed by atoms with van der Waals surface area (Å²) < 4.78 is 53.5. The molecule has 23 heavy (non-hydrogen) atoms. The summed E-state index contributed by atoms with van der Waals surface area (Å²) in [5.41, 5.74) is 0.648. The predicted octanol–water partition coefficient (Wildman–Crippen LogP) is 1.95. The van der Waals surface area contributed by atoms with E-state index in [0.717, 1.165) is 18.2 Å². The lowest BCUT2D eigenvalue weighted by atomic mass is 10.2. The highest BCUT2D eigenvalue weighted by atomic mass is 32.2. The van der Waals surface area contributed by atoms with Crippen molar-refractivity contribution in [3.05, 3.63) is 54.1 Å². The van der Waals surface area contributed by atoms with Crippen LogP contribution in [0.5, 0.6) is 0 Å². The average Bonchev–Trinajstić information content (AvgIpc) is 3.04. The lowest BCUT2D eigenvalue weighted by molar-refractivity contribution is 0.485. The molecule has 0 saturated heterocycles. The maximum Gasteiger partial charge on any atom is 0.264 e. The van der Waals surface area contributed by atoms with Gasteiger partial charge in [-0.15, -0.1) is 10.2 Å². The third-order valence-electron chi connectivity index (χ3n) is 2.92. The van der Waals surface area contributed by atoms with Crippen LogP contribution in [-0.4, -0.2) is 29.0 Å². The summed E-state index contributed by atoms with van der Waals surface area (Å²) in [6.45, 7) is 0. The van der Waals surface area contributed by atoms with Crippen LogP contribution >= 0.6 is 0 Å². The Bertz CT molecular complexity index is 945. The van der Waals surface area contributed by atoms with E-state index in [2.05, 4.69) is 25.3 Å². The molecular weight excluding hydrogens is 328 g/mol. The maximum absolute atomic E-state index is 13.7. The molecule has 10 heteroatoms. The Morgan fingerprint density at radius 3 is 2.61 bits per heavy atom. The summed E-state index contributed by atoms with van der Waals surface area (Å²) >= 11 is 0. The molecule has 0 spiro atoms. The van der Waals surface area contributed by atoms with Gasteiger partial charge in [-0.05, 0) is 29.5 Å². The molecule has 1 aromatic heterocycles. The van der Waals surface area contributed by atoms with Crippen LogP contribution in [0.2, 0.25) is 0 Å². The number of sulfonamides is 1. The fourth-order valence-electron chi connectivity index (χ4n) is 1.91. The molecule has 118 valence electrons. The van der Waals surface area contributed by atoms with Gasteiger partial charge in [-0.25, -0.2) is 17.2 Å². The zero-order valence-electron chi connectivity index (χ0n) is 11.4. The van der Waals surface area contributed by atoms with Gasteiger partial charge in [0, 0.05) is 11.3 Å². The summed E-state index contributed by atoms with van der Waals surface area (Å²) in [4.78, 5) is -0.775. The quantitative estimate of drug-likeness (QED) is 0.758. The number of nitrogens with one attached hydrogen (secondary N) is 2. The molecule has 0 aliphatic heterocycles. The molecule has 0 fully saturated rings. The molecule has 1 heterocycles. The molecule has 0 aliphatic rings. The molecule has 0 radical (unpaired) electrons. The van der Waals surface area contributed by atoms with E-state index in [4.69, 9.17) is 0 Å². The van der Waals surface area contributed by atoms with Gasteiger partial charge in [0.25, 0.3) is 10.0 Å². The van der Waals surface area contributed by atoms with E-state index < -0.39 is 26.6 Å². The van der Waals surface area contributed by atoms with E-state index in [9.17, 15) is 17.2 Å². The fraction of sp³-hybridized carbons (Fsp3) is 0. The van der Waals surface area contributed by atoms with Crippen molar-refractivity contribution in [1.82, 2.24) is 20.6 Å². The summed E-state index contributed by atoms with van der Waals surface area (Å²) in [5.74, 6) is -2.41. The molecule has 3 aromatic rings. The maximum atomic E-state index is 13.7. The third-order valence-corrected chi connectivity index (χ3v) is 4.32. The number of anilines is 1. The Morgan fingerprint density at radius 2 is 1.87 bits per heavy atom. The second-order valence-electron chi connectivity index (χ2n) is 4.47. The number of aromatic nitrogens is 4. The van der Waals surface area contributed by atoms with Crippen LogP contribution < -0.4 is 4.72 Å². The molecule has 0 saturated carbocycles. The van der Waals surface area contributed by atoms with Gasteiger partial charge in [-0.3, -0.25) is 4.72 Å². The number of aromatic amines is 1. The normalized spacial score (nSPS) is 11.4. The zero-order chi connectivity index (χ0) is 16.4. The number of halogens is 2. The first-order chi connectivity index (χ1) is 11.0. The van der Waals surface area contributed by atoms with E-state index in [-0.39, 0.29) is 11.5 Å². The van der Waals surface area contributed by atoms with Crippen molar-refractivity contribution in [3.63, 3.8) is 0 Å². The van der Waals surface area contributed by atoms with E-state index in [1.165, 1.54) is 12.1 Å². The van der Waals surface area contributed by atoms with Gasteiger partial charge in [0.05, 0.1) is 0 Å². The van der Waals surface area contributed by atoms with Gasteiger partial charge < -0.3 is 0 Å². The van der Waals surface area contributed by atoms with Crippen molar-refractivity contribution in [2.75, 3.05) is 4.72 Å². The van der Waals surface area contributed by atoms with Crippen LogP contribution in [-0.2, 0) is 10.0 Å². The Hall–Kier alpha value is -2.88. The summed E-state index contributed by atoms with van der Waals surface area (Å²) in [6, 6.07) is 9.03. The third kappa shape index (κ3) is 3.01. The van der Waals surface area contributed by atoms with Gasteiger partial charge in [0.2, 0.25) is 5.82 Å². The average molecular weight is 337 g/mol. The molecule has 7 nitrogen and oxygen atoms in total. The minimum atomic E-state index is -4.28. The molecular formula is C13H9F2N5O2S. The number of benzene rings is 2. The Kier molecular flexibility index (Phi) is 3.74. The lowest BCUT2D eigenvalue weighted by Crippen LogP contribution is -2.15. The molecule has 0 amide bonds. The number of rotatable bonds is 4. The van der Waals surface area contributed by atoms with Gasteiger partial charge in [0.1, 0.15) is 4.90 Å². The van der Waals surface area contributed by atoms with Crippen LogP contribution in [0.15, 0.2) is 47.4 Å². The molecule has 2 aromatic carbocycles. The van der Waals surface area contributed by atoms with Crippen LogP contribution in [0.1, 0.15) is 0 Å². The number of nitrogens with zero attached hydrogens (tertiary/aromatic N) is 3. The van der Waals surface area contributed by atoms with Crippen molar-refractivity contribution >= 4 is 15.7 Å². The molecule has 3 rings (SSSR count). The first-order valence-electron chi connectivity index (χ1n) is 6.28. The second kappa shape index (κ2) is 5.72. The molecule has 2 N–H and O–H groups in total. The van der Waals surface area contributed by atoms with Crippen molar-refractivity contribution in [1.29, 1.82) is 0 Å². The molecule has 0 aliphatic carbocycles. The standard InChI is InChI=1S/C13H9F2N5O2S/c14-10-5-2-6-11(12(10)15)23(21,22)18-9-4-1-3-8(7-9)13-16-19-20-17-13/h1-7,18H,(H,16,17,19,20). The molecule has 0 bridgehead atoms. The largest absolute Gasteiger partial charge is 0.280 e. The smallest absolute Gasteiger partial charge is 0.264 e. The fourth-order valence-corrected chi connectivity index (χ4v) is 3.05. The topological polar surface area (TPSA) is 101 Å².